The number of nitroso groups, excluding NO2 is 1. The Bertz CT molecular complexity index is 1240. The number of ether oxygens (including phenoxy) is 3. The molecule has 1 fully saturated rings. The molecule has 0 bridgehead atoms. The maximum atomic E-state index is 12.2. The molecule has 2 amide bonds. The molecule has 0 radical (unpaired) electrons. The molecular weight excluding hydrogens is 650 g/mol. The summed E-state index contributed by atoms with van der Waals surface area (Å²) in [6.07, 6.45) is 2.70. The second-order valence-corrected chi connectivity index (χ2v) is 11.6. The average Bonchev–Trinajstić information content (AvgIpc) is 3.88. The fraction of sp³-hybridized carbons (Fsp3) is 0.514. The zero-order chi connectivity index (χ0) is 38.5. The summed E-state index contributed by atoms with van der Waals surface area (Å²) in [4.78, 5) is 62.8. The van der Waals surface area contributed by atoms with Gasteiger partial charge in [0.15, 0.2) is 0 Å². The molecule has 50 heavy (non-hydrogen) atoms. The molecule has 2 aromatic rings. The van der Waals surface area contributed by atoms with E-state index in [9.17, 15) is 24.1 Å². The normalized spacial score (nSPS) is 14.1. The van der Waals surface area contributed by atoms with Gasteiger partial charge in [0, 0.05) is 31.7 Å². The van der Waals surface area contributed by atoms with Gasteiger partial charge in [0.25, 0.3) is 6.47 Å². The number of alkyl carbamates (subject to hydrolysis) is 1. The molecule has 4 N–H and O–H groups in total. The molecule has 1 aliphatic carbocycles. The zero-order valence-corrected chi connectivity index (χ0v) is 30.6. The minimum atomic E-state index is -0.565. The first-order valence-electron chi connectivity index (χ1n) is 16.0. The predicted octanol–water partition coefficient (Wildman–Crippen LogP) is 5.78. The van der Waals surface area contributed by atoms with Crippen LogP contribution in [-0.4, -0.2) is 93.2 Å². The van der Waals surface area contributed by atoms with Gasteiger partial charge in [-0.2, -0.15) is 0 Å². The summed E-state index contributed by atoms with van der Waals surface area (Å²) in [5.41, 5.74) is 1.82. The summed E-state index contributed by atoms with van der Waals surface area (Å²) in [5, 5.41) is 17.8. The summed E-state index contributed by atoms with van der Waals surface area (Å²) in [6.45, 7) is 11.8. The molecule has 2 aromatic carbocycles. The molecule has 280 valence electrons. The lowest BCUT2D eigenvalue weighted by molar-refractivity contribution is -0.123. The zero-order valence-electron chi connectivity index (χ0n) is 30.6. The van der Waals surface area contributed by atoms with E-state index in [2.05, 4.69) is 35.0 Å². The number of anilines is 1. The quantitative estimate of drug-likeness (QED) is 0.153. The number of hydrogen-bond acceptors (Lipinski definition) is 12. The number of nitrogens with zero attached hydrogens (tertiary/aromatic N) is 2. The molecular formula is C35H55N5O10. The number of carbonyl (C=O) groups excluding carboxylic acids is 4. The van der Waals surface area contributed by atoms with Gasteiger partial charge in [-0.3, -0.25) is 4.79 Å². The molecule has 0 heterocycles. The molecule has 1 aliphatic rings. The Hall–Kier alpha value is -5.05. The van der Waals surface area contributed by atoms with Crippen molar-refractivity contribution < 1.29 is 43.3 Å². The average molecular weight is 706 g/mol. The number of carboxylic acid groups (broad SMARTS) is 1. The first-order chi connectivity index (χ1) is 23.7. The fourth-order valence-corrected chi connectivity index (χ4v) is 3.35. The molecule has 1 saturated carbocycles. The lowest BCUT2D eigenvalue weighted by Crippen LogP contribution is -2.33. The lowest BCUT2D eigenvalue weighted by Gasteiger charge is -2.18. The van der Waals surface area contributed by atoms with Crippen molar-refractivity contribution in [3.63, 3.8) is 0 Å². The first-order valence-corrected chi connectivity index (χ1v) is 16.0. The monoisotopic (exact) mass is 705 g/mol. The predicted molar refractivity (Wildman–Crippen MR) is 193 cm³/mol. The fourth-order valence-electron chi connectivity index (χ4n) is 3.35. The number of benzene rings is 2. The van der Waals surface area contributed by atoms with Crippen molar-refractivity contribution in [2.24, 2.45) is 11.1 Å². The van der Waals surface area contributed by atoms with E-state index < -0.39 is 11.7 Å². The number of rotatable bonds is 12. The van der Waals surface area contributed by atoms with E-state index in [1.165, 1.54) is 6.42 Å². The van der Waals surface area contributed by atoms with Crippen molar-refractivity contribution in [3.05, 3.63) is 59.0 Å². The molecule has 0 aliphatic heterocycles. The minimum absolute atomic E-state index is 0.00463. The van der Waals surface area contributed by atoms with Gasteiger partial charge < -0.3 is 49.8 Å². The SMILES string of the molecule is CC(C)(C)OC(=O)NCC=O.CCC.CNC(C)C=O.CNc1ccc(COC(=O)N(C)C2CC2COc2ccc(N=O)cc2)cc1.O=CO. The van der Waals surface area contributed by atoms with E-state index in [0.717, 1.165) is 24.0 Å². The molecule has 0 spiro atoms. The van der Waals surface area contributed by atoms with E-state index in [1.54, 1.807) is 71.0 Å². The second kappa shape index (κ2) is 27.9. The van der Waals surface area contributed by atoms with Gasteiger partial charge in [-0.15, -0.1) is 4.91 Å². The third-order valence-electron chi connectivity index (χ3n) is 6.07. The van der Waals surface area contributed by atoms with Crippen LogP contribution in [0.1, 0.15) is 59.9 Å². The lowest BCUT2D eigenvalue weighted by atomic mass is 10.2. The van der Waals surface area contributed by atoms with Crippen molar-refractivity contribution in [2.75, 3.05) is 39.6 Å². The van der Waals surface area contributed by atoms with E-state index in [1.807, 2.05) is 31.3 Å². The van der Waals surface area contributed by atoms with Gasteiger partial charge in [-0.25, -0.2) is 9.59 Å². The van der Waals surface area contributed by atoms with Gasteiger partial charge >= 0.3 is 12.2 Å². The van der Waals surface area contributed by atoms with Gasteiger partial charge in [0.05, 0.1) is 19.2 Å². The van der Waals surface area contributed by atoms with Crippen LogP contribution in [0, 0.1) is 10.8 Å². The summed E-state index contributed by atoms with van der Waals surface area (Å²) in [6, 6.07) is 14.5. The van der Waals surface area contributed by atoms with Crippen molar-refractivity contribution in [2.45, 2.75) is 78.7 Å². The third-order valence-corrected chi connectivity index (χ3v) is 6.07. The van der Waals surface area contributed by atoms with E-state index in [-0.39, 0.29) is 43.7 Å². The minimum Gasteiger partial charge on any atom is -0.493 e. The summed E-state index contributed by atoms with van der Waals surface area (Å²) in [5.74, 6) is 0.963. The van der Waals surface area contributed by atoms with Gasteiger partial charge in [-0.1, -0.05) is 32.4 Å². The molecule has 3 rings (SSSR count). The molecule has 3 atom stereocenters. The smallest absolute Gasteiger partial charge is 0.410 e. The third kappa shape index (κ3) is 24.1. The maximum Gasteiger partial charge on any atom is 0.410 e. The van der Waals surface area contributed by atoms with E-state index >= 15 is 0 Å². The highest BCUT2D eigenvalue weighted by atomic mass is 16.6. The number of aldehydes is 2. The largest absolute Gasteiger partial charge is 0.493 e. The van der Waals surface area contributed by atoms with E-state index in [4.69, 9.17) is 24.1 Å². The summed E-state index contributed by atoms with van der Waals surface area (Å²) >= 11 is 0. The Morgan fingerprint density at radius 3 is 2.02 bits per heavy atom. The highest BCUT2D eigenvalue weighted by Gasteiger charge is 2.43. The Kier molecular flexibility index (Phi) is 26.2. The van der Waals surface area contributed by atoms with Gasteiger partial charge in [0.2, 0.25) is 0 Å². The Labute approximate surface area is 295 Å². The number of amides is 2. The first kappa shape index (κ1) is 47.1. The molecule has 0 aromatic heterocycles. The van der Waals surface area contributed by atoms with Crippen LogP contribution in [0.5, 0.6) is 5.75 Å². The van der Waals surface area contributed by atoms with Crippen LogP contribution >= 0.6 is 0 Å². The summed E-state index contributed by atoms with van der Waals surface area (Å²) in [7, 11) is 5.36. The Morgan fingerprint density at radius 2 is 1.60 bits per heavy atom. The van der Waals surface area contributed by atoms with Gasteiger partial charge in [-0.05, 0) is 88.3 Å². The molecule has 15 nitrogen and oxygen atoms in total. The van der Waals surface area contributed by atoms with Crippen LogP contribution in [0.15, 0.2) is 53.7 Å². The molecule has 0 saturated heterocycles. The highest BCUT2D eigenvalue weighted by Crippen LogP contribution is 2.36. The summed E-state index contributed by atoms with van der Waals surface area (Å²) < 4.78 is 15.9. The second-order valence-electron chi connectivity index (χ2n) is 11.6. The Balaban J connectivity index is 0. The van der Waals surface area contributed by atoms with Crippen LogP contribution in [0.25, 0.3) is 0 Å². The van der Waals surface area contributed by atoms with Crippen molar-refractivity contribution in [1.82, 2.24) is 15.5 Å². The van der Waals surface area contributed by atoms with Crippen LogP contribution < -0.4 is 20.7 Å². The number of likely N-dealkylation sites (N-methyl/N-ethyl adjacent to an activating group) is 1. The van der Waals surface area contributed by atoms with Gasteiger partial charge in [0.1, 0.15) is 36.2 Å². The highest BCUT2D eigenvalue weighted by molar-refractivity contribution is 5.71. The van der Waals surface area contributed by atoms with Crippen molar-refractivity contribution in [3.8, 4) is 5.75 Å². The number of carbonyl (C=O) groups is 5. The van der Waals surface area contributed by atoms with Crippen LogP contribution in [0.3, 0.4) is 0 Å². The van der Waals surface area contributed by atoms with Crippen molar-refractivity contribution in [1.29, 1.82) is 0 Å². The standard InChI is InChI=1S/C20H23N3O4.C7H13NO3.C4H9NO.C3H8.CH2O2/c1-21-16-5-3-14(4-6-16)12-27-20(24)23(2)19-11-15(19)13-26-18-9-7-17(22-25)8-10-18;1-7(2,3)11-6(10)8-4-5-9;1-4(3-6)5-2;1-3-2;2-1-3/h3-10,15,19,21H,11-13H2,1-2H3;5H,4H2,1-3H3,(H,8,10);3-5H,1-2H3;3H2,1-2H3;1H,(H,2,3). The molecule has 15 heteroatoms. The maximum absolute atomic E-state index is 12.2. The topological polar surface area (TPSA) is 202 Å². The van der Waals surface area contributed by atoms with E-state index in [0.29, 0.717) is 24.3 Å². The van der Waals surface area contributed by atoms with Crippen LogP contribution in [-0.2, 0) is 30.5 Å². The Morgan fingerprint density at radius 1 is 1.04 bits per heavy atom. The number of hydrogen-bond donors (Lipinski definition) is 4. The van der Waals surface area contributed by atoms with Crippen LogP contribution in [0.4, 0.5) is 21.0 Å². The van der Waals surface area contributed by atoms with Crippen LogP contribution in [0.2, 0.25) is 0 Å². The number of nitrogens with one attached hydrogen (secondary N) is 3. The van der Waals surface area contributed by atoms with Crippen molar-refractivity contribution >= 4 is 42.6 Å². The molecule has 3 unspecified atom stereocenters.